The molecule has 0 bridgehead atoms. The van der Waals surface area contributed by atoms with Gasteiger partial charge in [-0.1, -0.05) is 49.4 Å². The van der Waals surface area contributed by atoms with Crippen molar-refractivity contribution in [3.05, 3.63) is 100 Å². The van der Waals surface area contributed by atoms with E-state index in [1.165, 1.54) is 18.2 Å². The summed E-state index contributed by atoms with van der Waals surface area (Å²) in [4.78, 5) is 39.4. The highest BCUT2D eigenvalue weighted by Crippen LogP contribution is 2.28. The fraction of sp³-hybridized carbons (Fsp3) is 0.179. The van der Waals surface area contributed by atoms with Gasteiger partial charge in [0.2, 0.25) is 0 Å². The van der Waals surface area contributed by atoms with Crippen molar-refractivity contribution in [3.63, 3.8) is 0 Å². The van der Waals surface area contributed by atoms with Crippen molar-refractivity contribution in [2.75, 3.05) is 11.5 Å². The first-order chi connectivity index (χ1) is 16.9. The minimum atomic E-state index is -0.779. The molecule has 1 N–H and O–H groups in total. The summed E-state index contributed by atoms with van der Waals surface area (Å²) in [6.45, 7) is 4.18. The van der Waals surface area contributed by atoms with Crippen LogP contribution in [0.3, 0.4) is 0 Å². The maximum atomic E-state index is 13.6. The Hall–Kier alpha value is -4.26. The SMILES string of the molecule is CCOc1cc(/C=C2/C(=O)NC(=O)N(c3ccccc3CC)C2=O)ccc1Cc1cccc(F)c1. The van der Waals surface area contributed by atoms with Crippen molar-refractivity contribution >= 4 is 29.6 Å². The third-order valence-electron chi connectivity index (χ3n) is 5.70. The zero-order chi connectivity index (χ0) is 24.9. The second kappa shape index (κ2) is 10.3. The number of anilines is 1. The number of halogens is 1. The molecular formula is C28H25FN2O4. The van der Waals surface area contributed by atoms with Gasteiger partial charge in [0.05, 0.1) is 12.3 Å². The van der Waals surface area contributed by atoms with E-state index < -0.39 is 17.8 Å². The van der Waals surface area contributed by atoms with Crippen LogP contribution in [-0.4, -0.2) is 24.5 Å². The van der Waals surface area contributed by atoms with E-state index in [0.29, 0.717) is 36.4 Å². The van der Waals surface area contributed by atoms with Crippen LogP contribution in [-0.2, 0) is 22.4 Å². The van der Waals surface area contributed by atoms with E-state index in [0.717, 1.165) is 21.6 Å². The standard InChI is InChI=1S/C28H25FN2O4/c1-3-20-9-5-6-11-24(20)31-27(33)23(26(32)30-28(31)34)16-19-12-13-21(25(17-19)35-4-2)14-18-8-7-10-22(29)15-18/h5-13,15-17H,3-4,14H2,1-2H3,(H,30,32,34)/b23-16-. The van der Waals surface area contributed by atoms with Crippen molar-refractivity contribution in [2.24, 2.45) is 0 Å². The number of carbonyl (C=O) groups excluding carboxylic acids is 3. The number of benzene rings is 3. The summed E-state index contributed by atoms with van der Waals surface area (Å²) >= 11 is 0. The Morgan fingerprint density at radius 3 is 2.49 bits per heavy atom. The smallest absolute Gasteiger partial charge is 0.335 e. The third kappa shape index (κ3) is 5.14. The molecule has 0 saturated carbocycles. The van der Waals surface area contributed by atoms with E-state index in [-0.39, 0.29) is 11.4 Å². The van der Waals surface area contributed by atoms with Gasteiger partial charge in [-0.25, -0.2) is 14.1 Å². The van der Waals surface area contributed by atoms with E-state index in [4.69, 9.17) is 4.74 Å². The topological polar surface area (TPSA) is 75.7 Å². The highest BCUT2D eigenvalue weighted by atomic mass is 19.1. The quantitative estimate of drug-likeness (QED) is 0.386. The summed E-state index contributed by atoms with van der Waals surface area (Å²) in [6, 6.07) is 18.0. The fourth-order valence-electron chi connectivity index (χ4n) is 4.03. The number of para-hydroxylation sites is 1. The first kappa shape index (κ1) is 23.9. The minimum Gasteiger partial charge on any atom is -0.494 e. The number of ether oxygens (including phenoxy) is 1. The van der Waals surface area contributed by atoms with Crippen LogP contribution in [0.15, 0.2) is 72.3 Å². The van der Waals surface area contributed by atoms with Gasteiger partial charge in [0.1, 0.15) is 17.1 Å². The molecule has 6 nitrogen and oxygen atoms in total. The molecule has 1 aliphatic heterocycles. The van der Waals surface area contributed by atoms with Crippen LogP contribution in [0.5, 0.6) is 5.75 Å². The molecule has 3 aromatic carbocycles. The van der Waals surface area contributed by atoms with Gasteiger partial charge in [-0.2, -0.15) is 0 Å². The molecule has 1 saturated heterocycles. The third-order valence-corrected chi connectivity index (χ3v) is 5.70. The number of hydrogen-bond donors (Lipinski definition) is 1. The van der Waals surface area contributed by atoms with Crippen LogP contribution >= 0.6 is 0 Å². The van der Waals surface area contributed by atoms with Crippen LogP contribution in [0, 0.1) is 5.82 Å². The second-order valence-corrected chi connectivity index (χ2v) is 8.05. The average molecular weight is 473 g/mol. The number of barbiturate groups is 1. The predicted octanol–water partition coefficient (Wildman–Crippen LogP) is 5.04. The van der Waals surface area contributed by atoms with E-state index in [9.17, 15) is 18.8 Å². The summed E-state index contributed by atoms with van der Waals surface area (Å²) in [7, 11) is 0. The fourth-order valence-corrected chi connectivity index (χ4v) is 4.03. The number of carbonyl (C=O) groups is 3. The van der Waals surface area contributed by atoms with E-state index in [1.807, 2.05) is 38.1 Å². The normalized spacial score (nSPS) is 14.9. The molecule has 0 aliphatic carbocycles. The predicted molar refractivity (Wildman–Crippen MR) is 132 cm³/mol. The van der Waals surface area contributed by atoms with Gasteiger partial charge in [-0.05, 0) is 65.9 Å². The maximum Gasteiger partial charge on any atom is 0.335 e. The molecule has 35 heavy (non-hydrogen) atoms. The highest BCUT2D eigenvalue weighted by molar-refractivity contribution is 6.39. The van der Waals surface area contributed by atoms with Gasteiger partial charge in [0, 0.05) is 6.42 Å². The van der Waals surface area contributed by atoms with Gasteiger partial charge in [-0.15, -0.1) is 0 Å². The number of nitrogens with one attached hydrogen (secondary N) is 1. The van der Waals surface area contributed by atoms with Crippen LogP contribution in [0.25, 0.3) is 6.08 Å². The molecule has 1 heterocycles. The Morgan fingerprint density at radius 2 is 1.74 bits per heavy atom. The average Bonchev–Trinajstić information content (AvgIpc) is 2.83. The summed E-state index contributed by atoms with van der Waals surface area (Å²) < 4.78 is 19.4. The number of rotatable bonds is 7. The molecule has 0 aromatic heterocycles. The Bertz CT molecular complexity index is 1330. The number of imide groups is 2. The molecule has 0 radical (unpaired) electrons. The number of hydrogen-bond acceptors (Lipinski definition) is 4. The lowest BCUT2D eigenvalue weighted by atomic mass is 10.00. The lowest BCUT2D eigenvalue weighted by Crippen LogP contribution is -2.54. The Labute approximate surface area is 203 Å². The van der Waals surface area contributed by atoms with Crippen LogP contribution in [0.4, 0.5) is 14.9 Å². The number of amides is 4. The molecule has 7 heteroatoms. The van der Waals surface area contributed by atoms with Gasteiger partial charge in [0.15, 0.2) is 0 Å². The highest BCUT2D eigenvalue weighted by Gasteiger charge is 2.37. The Balaban J connectivity index is 1.69. The van der Waals surface area contributed by atoms with Crippen molar-refractivity contribution in [2.45, 2.75) is 26.7 Å². The van der Waals surface area contributed by atoms with Crippen molar-refractivity contribution in [1.29, 1.82) is 0 Å². The molecule has 1 aliphatic rings. The van der Waals surface area contributed by atoms with Gasteiger partial charge >= 0.3 is 6.03 Å². The molecule has 0 atom stereocenters. The first-order valence-electron chi connectivity index (χ1n) is 11.4. The van der Waals surface area contributed by atoms with Gasteiger partial charge in [-0.3, -0.25) is 14.9 Å². The molecule has 0 spiro atoms. The monoisotopic (exact) mass is 472 g/mol. The first-order valence-corrected chi connectivity index (χ1v) is 11.4. The summed E-state index contributed by atoms with van der Waals surface area (Å²) in [5.41, 5.74) is 3.29. The molecule has 4 amide bonds. The van der Waals surface area contributed by atoms with Crippen molar-refractivity contribution in [3.8, 4) is 5.75 Å². The summed E-state index contributed by atoms with van der Waals surface area (Å²) in [5, 5.41) is 2.26. The van der Waals surface area contributed by atoms with E-state index >= 15 is 0 Å². The number of urea groups is 1. The van der Waals surface area contributed by atoms with Crippen LogP contribution < -0.4 is 15.0 Å². The van der Waals surface area contributed by atoms with E-state index in [2.05, 4.69) is 5.32 Å². The lowest BCUT2D eigenvalue weighted by Gasteiger charge is -2.28. The van der Waals surface area contributed by atoms with Crippen molar-refractivity contribution in [1.82, 2.24) is 5.32 Å². The zero-order valence-corrected chi connectivity index (χ0v) is 19.5. The van der Waals surface area contributed by atoms with Crippen LogP contribution in [0.1, 0.15) is 36.1 Å². The zero-order valence-electron chi connectivity index (χ0n) is 19.5. The molecule has 178 valence electrons. The molecule has 0 unspecified atom stereocenters. The maximum absolute atomic E-state index is 13.6. The van der Waals surface area contributed by atoms with Gasteiger partial charge < -0.3 is 4.74 Å². The summed E-state index contributed by atoms with van der Waals surface area (Å²) in [5.74, 6) is -1.19. The summed E-state index contributed by atoms with van der Waals surface area (Å²) in [6.07, 6.45) is 2.52. The second-order valence-electron chi connectivity index (χ2n) is 8.05. The number of aryl methyl sites for hydroxylation is 1. The molecular weight excluding hydrogens is 447 g/mol. The van der Waals surface area contributed by atoms with Gasteiger partial charge in [0.25, 0.3) is 11.8 Å². The lowest BCUT2D eigenvalue weighted by molar-refractivity contribution is -0.122. The van der Waals surface area contributed by atoms with Crippen molar-refractivity contribution < 1.29 is 23.5 Å². The molecule has 1 fully saturated rings. The van der Waals surface area contributed by atoms with E-state index in [1.54, 1.807) is 30.3 Å². The Kier molecular flexibility index (Phi) is 7.06. The Morgan fingerprint density at radius 1 is 0.943 bits per heavy atom. The minimum absolute atomic E-state index is 0.157. The molecule has 4 rings (SSSR count). The van der Waals surface area contributed by atoms with Crippen LogP contribution in [0.2, 0.25) is 0 Å². The number of nitrogens with zero attached hydrogens (tertiary/aromatic N) is 1. The molecule has 3 aromatic rings. The largest absolute Gasteiger partial charge is 0.494 e.